The minimum absolute atomic E-state index is 0.102. The molecule has 2 aromatic rings. The van der Waals surface area contributed by atoms with Crippen molar-refractivity contribution >= 4 is 15.7 Å². The lowest BCUT2D eigenvalue weighted by Gasteiger charge is -2.25. The Bertz CT molecular complexity index is 1040. The summed E-state index contributed by atoms with van der Waals surface area (Å²) in [6, 6.07) is 6.04. The number of hydrogen-bond acceptors (Lipinski definition) is 5. The fraction of sp³-hybridized carbons (Fsp3) is 0.294. The van der Waals surface area contributed by atoms with Crippen LogP contribution in [0.15, 0.2) is 41.3 Å². The number of carbonyl (C=O) groups excluding carboxylic acids is 1. The number of sulfone groups is 1. The van der Waals surface area contributed by atoms with Crippen molar-refractivity contribution in [3.63, 3.8) is 0 Å². The molecule has 1 heterocycles. The number of benzene rings is 1. The maximum Gasteiger partial charge on any atom is 0.264 e. The van der Waals surface area contributed by atoms with Gasteiger partial charge in [-0.05, 0) is 31.0 Å². The first kappa shape index (κ1) is 20.7. The first-order valence-corrected chi connectivity index (χ1v) is 9.69. The highest BCUT2D eigenvalue weighted by Gasteiger charge is 2.43. The van der Waals surface area contributed by atoms with Gasteiger partial charge in [0.15, 0.2) is 14.6 Å². The highest BCUT2D eigenvalue weighted by molar-refractivity contribution is 7.92. The van der Waals surface area contributed by atoms with Gasteiger partial charge in [-0.2, -0.15) is 0 Å². The number of nitrogens with zero attached hydrogens (tertiary/aromatic N) is 1. The number of aromatic nitrogens is 1. The van der Waals surface area contributed by atoms with Crippen LogP contribution in [-0.4, -0.2) is 35.1 Å². The van der Waals surface area contributed by atoms with E-state index in [1.165, 1.54) is 23.7 Å². The maximum absolute atomic E-state index is 14.4. The Morgan fingerprint density at radius 2 is 1.96 bits per heavy atom. The molecule has 0 fully saturated rings. The molecule has 2 rings (SSSR count). The Morgan fingerprint density at radius 3 is 2.52 bits per heavy atom. The lowest BCUT2D eigenvalue weighted by atomic mass is 10.1. The predicted octanol–water partition coefficient (Wildman–Crippen LogP) is 1.49. The van der Waals surface area contributed by atoms with E-state index < -0.39 is 37.7 Å². The van der Waals surface area contributed by atoms with E-state index >= 15 is 0 Å². The van der Waals surface area contributed by atoms with Gasteiger partial charge < -0.3 is 4.57 Å². The summed E-state index contributed by atoms with van der Waals surface area (Å²) < 4.78 is 50.5. The van der Waals surface area contributed by atoms with Crippen molar-refractivity contribution in [1.29, 1.82) is 0 Å². The van der Waals surface area contributed by atoms with Crippen LogP contribution in [0.5, 0.6) is 0 Å². The fourth-order valence-corrected chi connectivity index (χ4v) is 3.36. The largest absolute Gasteiger partial charge is 0.312 e. The molecule has 0 radical (unpaired) electrons. The quantitative estimate of drug-likeness (QED) is 0.565. The molecule has 1 amide bonds. The van der Waals surface area contributed by atoms with Crippen LogP contribution < -0.4 is 11.0 Å². The van der Waals surface area contributed by atoms with Crippen molar-refractivity contribution in [2.45, 2.75) is 24.6 Å². The van der Waals surface area contributed by atoms with Gasteiger partial charge in [-0.1, -0.05) is 12.1 Å². The molecule has 0 aliphatic carbocycles. The highest BCUT2D eigenvalue weighted by atomic mass is 32.2. The Hall–Kier alpha value is -2.59. The number of aryl methyl sites for hydroxylation is 1. The van der Waals surface area contributed by atoms with E-state index in [2.05, 4.69) is 0 Å². The molecule has 10 heteroatoms. The van der Waals surface area contributed by atoms with Crippen molar-refractivity contribution in [2.24, 2.45) is 0 Å². The molecular weight excluding hydrogens is 382 g/mol. The Morgan fingerprint density at radius 1 is 1.30 bits per heavy atom. The Kier molecular flexibility index (Phi) is 5.81. The summed E-state index contributed by atoms with van der Waals surface area (Å²) in [5.74, 6) is -2.56. The summed E-state index contributed by atoms with van der Waals surface area (Å²) in [4.78, 5) is 24.0. The molecule has 1 unspecified atom stereocenters. The zero-order chi connectivity index (χ0) is 20.4. The molecule has 0 bridgehead atoms. The average Bonchev–Trinajstić information content (AvgIpc) is 2.60. The minimum Gasteiger partial charge on any atom is -0.312 e. The van der Waals surface area contributed by atoms with Gasteiger partial charge in [0, 0.05) is 30.6 Å². The van der Waals surface area contributed by atoms with Crippen molar-refractivity contribution in [1.82, 2.24) is 10.0 Å². The molecular formula is C17H18F2N2O5S. The zero-order valence-corrected chi connectivity index (χ0v) is 15.4. The van der Waals surface area contributed by atoms with Crippen molar-refractivity contribution in [3.05, 3.63) is 58.5 Å². The van der Waals surface area contributed by atoms with Crippen LogP contribution in [0.4, 0.5) is 8.78 Å². The molecule has 1 aromatic carbocycles. The highest BCUT2D eigenvalue weighted by Crippen LogP contribution is 2.24. The molecule has 0 saturated carbocycles. The smallest absolute Gasteiger partial charge is 0.264 e. The minimum atomic E-state index is -3.95. The van der Waals surface area contributed by atoms with Crippen LogP contribution in [0, 0.1) is 11.6 Å². The van der Waals surface area contributed by atoms with Gasteiger partial charge in [-0.3, -0.25) is 14.8 Å². The lowest BCUT2D eigenvalue weighted by molar-refractivity contribution is -0.131. The number of halogens is 2. The van der Waals surface area contributed by atoms with Crippen LogP contribution in [0.3, 0.4) is 0 Å². The van der Waals surface area contributed by atoms with Gasteiger partial charge in [0.05, 0.1) is 0 Å². The van der Waals surface area contributed by atoms with Gasteiger partial charge in [-0.25, -0.2) is 22.7 Å². The molecule has 1 atom stereocenters. The summed E-state index contributed by atoms with van der Waals surface area (Å²) in [7, 11) is -3.95. The van der Waals surface area contributed by atoms with Gasteiger partial charge in [0.2, 0.25) is 0 Å². The first-order valence-electron chi connectivity index (χ1n) is 7.79. The van der Waals surface area contributed by atoms with E-state index in [0.29, 0.717) is 0 Å². The zero-order valence-electron chi connectivity index (χ0n) is 14.6. The summed E-state index contributed by atoms with van der Waals surface area (Å²) in [5, 5.41) is 8.79. The maximum atomic E-state index is 14.4. The molecule has 0 aliphatic heterocycles. The molecule has 27 heavy (non-hydrogen) atoms. The summed E-state index contributed by atoms with van der Waals surface area (Å²) in [5.41, 5.74) is 0.715. The van der Waals surface area contributed by atoms with E-state index in [9.17, 15) is 26.8 Å². The Balaban J connectivity index is 2.37. The van der Waals surface area contributed by atoms with Gasteiger partial charge in [-0.15, -0.1) is 0 Å². The Labute approximate surface area is 154 Å². The van der Waals surface area contributed by atoms with Gasteiger partial charge >= 0.3 is 0 Å². The van der Waals surface area contributed by atoms with E-state index in [1.807, 2.05) is 0 Å². The fourth-order valence-electron chi connectivity index (χ4n) is 2.52. The second-order valence-corrected chi connectivity index (χ2v) is 8.72. The van der Waals surface area contributed by atoms with Crippen molar-refractivity contribution in [3.8, 4) is 11.1 Å². The van der Waals surface area contributed by atoms with Crippen molar-refractivity contribution < 1.29 is 27.2 Å². The van der Waals surface area contributed by atoms with Crippen LogP contribution in [0.25, 0.3) is 11.1 Å². The molecule has 0 spiro atoms. The SMILES string of the molecule is CC(CCn1cc(F)c(-c2cccc(F)c2)cc1=O)(C(=O)NO)S(C)(=O)=O. The molecule has 146 valence electrons. The topological polar surface area (TPSA) is 105 Å². The molecule has 0 aliphatic rings. The number of amides is 1. The number of nitrogens with one attached hydrogen (secondary N) is 1. The standard InChI is InChI=1S/C17H18F2N2O5S/c1-17(16(23)20-24,27(2,25)26)6-7-21-10-14(19)13(9-15(21)22)11-4-3-5-12(18)8-11/h3-5,8-10,24H,6-7H2,1-2H3,(H,20,23). The van der Waals surface area contributed by atoms with E-state index in [-0.39, 0.29) is 24.1 Å². The molecule has 2 N–H and O–H groups in total. The molecule has 1 aromatic heterocycles. The van der Waals surface area contributed by atoms with E-state index in [0.717, 1.165) is 36.1 Å². The molecule has 7 nitrogen and oxygen atoms in total. The normalized spacial score (nSPS) is 13.8. The predicted molar refractivity (Wildman–Crippen MR) is 93.8 cm³/mol. The van der Waals surface area contributed by atoms with Crippen LogP contribution >= 0.6 is 0 Å². The van der Waals surface area contributed by atoms with Crippen LogP contribution in [-0.2, 0) is 21.2 Å². The van der Waals surface area contributed by atoms with Gasteiger partial charge in [0.1, 0.15) is 11.6 Å². The number of carbonyl (C=O) groups is 1. The molecule has 0 saturated heterocycles. The van der Waals surface area contributed by atoms with Crippen molar-refractivity contribution in [2.75, 3.05) is 6.26 Å². The number of hydroxylamine groups is 1. The second-order valence-electron chi connectivity index (χ2n) is 6.27. The third-order valence-corrected chi connectivity index (χ3v) is 6.47. The summed E-state index contributed by atoms with van der Waals surface area (Å²) >= 11 is 0. The number of hydrogen-bond donors (Lipinski definition) is 2. The van der Waals surface area contributed by atoms with Crippen LogP contribution in [0.2, 0.25) is 0 Å². The number of rotatable bonds is 6. The average molecular weight is 400 g/mol. The lowest BCUT2D eigenvalue weighted by Crippen LogP contribution is -2.50. The van der Waals surface area contributed by atoms with E-state index in [1.54, 1.807) is 0 Å². The third-order valence-electron chi connectivity index (χ3n) is 4.44. The summed E-state index contributed by atoms with van der Waals surface area (Å²) in [6.45, 7) is 0.798. The van der Waals surface area contributed by atoms with Gasteiger partial charge in [0.25, 0.3) is 11.5 Å². The van der Waals surface area contributed by atoms with Crippen LogP contribution in [0.1, 0.15) is 13.3 Å². The monoisotopic (exact) mass is 400 g/mol. The third kappa shape index (κ3) is 4.22. The number of pyridine rings is 1. The summed E-state index contributed by atoms with van der Waals surface area (Å²) in [6.07, 6.45) is 1.30. The van der Waals surface area contributed by atoms with E-state index in [4.69, 9.17) is 5.21 Å². The second kappa shape index (κ2) is 7.57. The first-order chi connectivity index (χ1) is 12.5.